The molecule has 1 N–H and O–H groups in total. The highest BCUT2D eigenvalue weighted by molar-refractivity contribution is 8.00. The van der Waals surface area contributed by atoms with Crippen LogP contribution in [0.2, 0.25) is 0 Å². The first-order valence-corrected chi connectivity index (χ1v) is 10.7. The van der Waals surface area contributed by atoms with Crippen molar-refractivity contribution in [2.24, 2.45) is 0 Å². The summed E-state index contributed by atoms with van der Waals surface area (Å²) in [6.07, 6.45) is 0. The molecule has 0 aliphatic rings. The number of carbonyl (C=O) groups excluding carboxylic acids is 1. The van der Waals surface area contributed by atoms with E-state index in [0.717, 1.165) is 15.9 Å². The SMILES string of the molecule is CCn1c(=O)n(CC)c2cc(NC(=O)CSc3ccc4ccccc4c3)ccc21. The maximum absolute atomic E-state index is 12.5. The molecule has 0 aliphatic carbocycles. The minimum Gasteiger partial charge on any atom is -0.325 e. The molecule has 0 atom stereocenters. The number of aromatic nitrogens is 2. The molecule has 0 radical (unpaired) electrons. The van der Waals surface area contributed by atoms with Gasteiger partial charge < -0.3 is 5.32 Å². The van der Waals surface area contributed by atoms with E-state index in [1.54, 1.807) is 9.13 Å². The number of nitrogens with one attached hydrogen (secondary N) is 1. The average Bonchev–Trinajstić information content (AvgIpc) is 3.01. The molecule has 1 aromatic heterocycles. The number of rotatable bonds is 6. The number of anilines is 1. The second-order valence-corrected chi connectivity index (χ2v) is 7.87. The number of aryl methyl sites for hydroxylation is 2. The van der Waals surface area contributed by atoms with Crippen LogP contribution in [0.15, 0.2) is 70.4 Å². The van der Waals surface area contributed by atoms with Gasteiger partial charge in [0.2, 0.25) is 5.91 Å². The zero-order valence-electron chi connectivity index (χ0n) is 16.5. The highest BCUT2D eigenvalue weighted by Gasteiger charge is 2.12. The standard InChI is InChI=1S/C23H23N3O2S/c1-3-25-20-12-10-18(14-21(20)26(4-2)23(25)28)24-22(27)15-29-19-11-9-16-7-5-6-8-17(16)13-19/h5-14H,3-4,15H2,1-2H3,(H,24,27). The van der Waals surface area contributed by atoms with E-state index in [1.807, 2.05) is 50.2 Å². The van der Waals surface area contributed by atoms with Crippen LogP contribution in [0.4, 0.5) is 5.69 Å². The maximum Gasteiger partial charge on any atom is 0.329 e. The second-order valence-electron chi connectivity index (χ2n) is 6.82. The average molecular weight is 406 g/mol. The van der Waals surface area contributed by atoms with E-state index in [4.69, 9.17) is 0 Å². The van der Waals surface area contributed by atoms with Gasteiger partial charge in [-0.05, 0) is 55.0 Å². The topological polar surface area (TPSA) is 56.0 Å². The van der Waals surface area contributed by atoms with E-state index in [2.05, 4.69) is 29.6 Å². The predicted molar refractivity (Wildman–Crippen MR) is 121 cm³/mol. The first kappa shape index (κ1) is 19.3. The number of benzene rings is 3. The molecule has 0 fully saturated rings. The molecule has 0 bridgehead atoms. The molecule has 3 aromatic carbocycles. The van der Waals surface area contributed by atoms with Crippen LogP contribution in [-0.2, 0) is 17.9 Å². The van der Waals surface area contributed by atoms with Gasteiger partial charge in [-0.25, -0.2) is 4.79 Å². The lowest BCUT2D eigenvalue weighted by Crippen LogP contribution is -2.23. The van der Waals surface area contributed by atoms with Gasteiger partial charge in [-0.1, -0.05) is 30.3 Å². The molecular formula is C23H23N3O2S. The van der Waals surface area contributed by atoms with Crippen LogP contribution in [0.3, 0.4) is 0 Å². The summed E-state index contributed by atoms with van der Waals surface area (Å²) in [5.41, 5.74) is 2.43. The van der Waals surface area contributed by atoms with E-state index in [0.29, 0.717) is 24.5 Å². The third kappa shape index (κ3) is 3.80. The number of carbonyl (C=O) groups is 1. The predicted octanol–water partition coefficient (Wildman–Crippen LogP) is 4.73. The smallest absolute Gasteiger partial charge is 0.325 e. The van der Waals surface area contributed by atoms with Crippen molar-refractivity contribution in [2.45, 2.75) is 31.8 Å². The lowest BCUT2D eigenvalue weighted by atomic mass is 10.1. The Labute approximate surface area is 173 Å². The molecule has 0 spiro atoms. The van der Waals surface area contributed by atoms with Gasteiger partial charge in [0, 0.05) is 23.7 Å². The van der Waals surface area contributed by atoms with Crippen molar-refractivity contribution in [2.75, 3.05) is 11.1 Å². The summed E-state index contributed by atoms with van der Waals surface area (Å²) in [7, 11) is 0. The zero-order valence-corrected chi connectivity index (χ0v) is 17.3. The summed E-state index contributed by atoms with van der Waals surface area (Å²) in [6, 6.07) is 20.0. The Morgan fingerprint density at radius 3 is 2.38 bits per heavy atom. The number of amides is 1. The first-order valence-electron chi connectivity index (χ1n) is 9.75. The second kappa shape index (κ2) is 8.17. The van der Waals surface area contributed by atoms with E-state index in [-0.39, 0.29) is 11.6 Å². The van der Waals surface area contributed by atoms with E-state index >= 15 is 0 Å². The summed E-state index contributed by atoms with van der Waals surface area (Å²) in [6.45, 7) is 5.13. The van der Waals surface area contributed by atoms with E-state index in [1.165, 1.54) is 22.5 Å². The number of nitrogens with zero attached hydrogens (tertiary/aromatic N) is 2. The van der Waals surface area contributed by atoms with Gasteiger partial charge in [-0.2, -0.15) is 0 Å². The Kier molecular flexibility index (Phi) is 5.45. The van der Waals surface area contributed by atoms with Gasteiger partial charge in [0.1, 0.15) is 0 Å². The van der Waals surface area contributed by atoms with Gasteiger partial charge in [0.25, 0.3) is 0 Å². The zero-order chi connectivity index (χ0) is 20.4. The summed E-state index contributed by atoms with van der Waals surface area (Å²) in [5, 5.41) is 5.31. The number of imidazole rings is 1. The molecule has 4 aromatic rings. The Morgan fingerprint density at radius 1 is 0.897 bits per heavy atom. The third-order valence-corrected chi connectivity index (χ3v) is 6.02. The molecule has 1 heterocycles. The fraction of sp³-hybridized carbons (Fsp3) is 0.217. The van der Waals surface area contributed by atoms with Crippen LogP contribution in [0.5, 0.6) is 0 Å². The summed E-state index contributed by atoms with van der Waals surface area (Å²) in [4.78, 5) is 26.0. The van der Waals surface area contributed by atoms with Crippen LogP contribution < -0.4 is 11.0 Å². The Hall–Kier alpha value is -2.99. The van der Waals surface area contributed by atoms with Crippen LogP contribution in [0, 0.1) is 0 Å². The molecule has 0 saturated carbocycles. The van der Waals surface area contributed by atoms with Gasteiger partial charge in [0.15, 0.2) is 0 Å². The van der Waals surface area contributed by atoms with Crippen molar-refractivity contribution in [1.82, 2.24) is 9.13 Å². The molecule has 148 valence electrons. The number of hydrogen-bond acceptors (Lipinski definition) is 3. The van der Waals surface area contributed by atoms with E-state index < -0.39 is 0 Å². The lowest BCUT2D eigenvalue weighted by molar-refractivity contribution is -0.113. The van der Waals surface area contributed by atoms with Crippen molar-refractivity contribution >= 4 is 45.2 Å². The Balaban J connectivity index is 1.49. The van der Waals surface area contributed by atoms with Crippen molar-refractivity contribution in [3.63, 3.8) is 0 Å². The van der Waals surface area contributed by atoms with Crippen molar-refractivity contribution < 1.29 is 4.79 Å². The van der Waals surface area contributed by atoms with Crippen LogP contribution in [0.25, 0.3) is 21.8 Å². The highest BCUT2D eigenvalue weighted by Crippen LogP contribution is 2.24. The largest absolute Gasteiger partial charge is 0.329 e. The van der Waals surface area contributed by atoms with Gasteiger partial charge in [0.05, 0.1) is 16.8 Å². The van der Waals surface area contributed by atoms with Crippen LogP contribution in [-0.4, -0.2) is 20.8 Å². The molecule has 0 saturated heterocycles. The van der Waals surface area contributed by atoms with Gasteiger partial charge in [-0.3, -0.25) is 13.9 Å². The lowest BCUT2D eigenvalue weighted by Gasteiger charge is -2.07. The number of fused-ring (bicyclic) bond motifs is 2. The summed E-state index contributed by atoms with van der Waals surface area (Å²) in [5.74, 6) is 0.259. The van der Waals surface area contributed by atoms with Crippen molar-refractivity contribution in [3.8, 4) is 0 Å². The quantitative estimate of drug-likeness (QED) is 0.472. The fourth-order valence-corrected chi connectivity index (χ4v) is 4.36. The maximum atomic E-state index is 12.5. The molecule has 0 unspecified atom stereocenters. The first-order chi connectivity index (χ1) is 14.1. The number of thioether (sulfide) groups is 1. The van der Waals surface area contributed by atoms with Gasteiger partial charge in [-0.15, -0.1) is 11.8 Å². The number of hydrogen-bond donors (Lipinski definition) is 1. The Morgan fingerprint density at radius 2 is 1.62 bits per heavy atom. The minimum atomic E-state index is -0.0668. The van der Waals surface area contributed by atoms with Crippen LogP contribution in [0.1, 0.15) is 13.8 Å². The minimum absolute atomic E-state index is 0.0136. The Bertz CT molecular complexity index is 1260. The highest BCUT2D eigenvalue weighted by atomic mass is 32.2. The molecular weight excluding hydrogens is 382 g/mol. The van der Waals surface area contributed by atoms with Crippen molar-refractivity contribution in [1.29, 1.82) is 0 Å². The van der Waals surface area contributed by atoms with E-state index in [9.17, 15) is 9.59 Å². The summed E-state index contributed by atoms with van der Waals surface area (Å²) < 4.78 is 3.48. The van der Waals surface area contributed by atoms with Gasteiger partial charge >= 0.3 is 5.69 Å². The molecule has 0 aliphatic heterocycles. The third-order valence-electron chi connectivity index (χ3n) is 5.03. The molecule has 29 heavy (non-hydrogen) atoms. The fourth-order valence-electron chi connectivity index (χ4n) is 3.61. The molecule has 1 amide bonds. The molecule has 4 rings (SSSR count). The van der Waals surface area contributed by atoms with Crippen LogP contribution >= 0.6 is 11.8 Å². The summed E-state index contributed by atoms with van der Waals surface area (Å²) >= 11 is 1.51. The van der Waals surface area contributed by atoms with Crippen molar-refractivity contribution in [3.05, 3.63) is 71.1 Å². The normalized spacial score (nSPS) is 11.2. The monoisotopic (exact) mass is 405 g/mol. The molecule has 5 nitrogen and oxygen atoms in total. The molecule has 6 heteroatoms.